The molecule has 0 aliphatic heterocycles. The van der Waals surface area contributed by atoms with E-state index < -0.39 is 0 Å². The van der Waals surface area contributed by atoms with Crippen molar-refractivity contribution in [3.05, 3.63) is 59.6 Å². The molecule has 4 rings (SSSR count). The second-order valence-electron chi connectivity index (χ2n) is 4.92. The Morgan fingerprint density at radius 3 is 2.91 bits per heavy atom. The van der Waals surface area contributed by atoms with Crippen LogP contribution in [0.1, 0.15) is 5.56 Å². The number of hydrogen-bond donors (Lipinski definition) is 2. The van der Waals surface area contributed by atoms with Crippen molar-refractivity contribution in [1.82, 2.24) is 19.9 Å². The predicted molar refractivity (Wildman–Crippen MR) is 88.0 cm³/mol. The summed E-state index contributed by atoms with van der Waals surface area (Å²) in [7, 11) is 0. The van der Waals surface area contributed by atoms with E-state index in [0.29, 0.717) is 6.54 Å². The van der Waals surface area contributed by atoms with Crippen LogP contribution < -0.4 is 5.32 Å². The molecule has 0 aliphatic rings. The number of nitrogens with one attached hydrogen (secondary N) is 2. The van der Waals surface area contributed by atoms with E-state index in [1.165, 1.54) is 0 Å². The molecule has 6 heteroatoms. The van der Waals surface area contributed by atoms with Crippen LogP contribution in [0.2, 0.25) is 5.28 Å². The first-order valence-corrected chi connectivity index (χ1v) is 7.26. The normalized spacial score (nSPS) is 11.1. The van der Waals surface area contributed by atoms with Gasteiger partial charge in [-0.15, -0.1) is 0 Å². The Morgan fingerprint density at radius 2 is 1.95 bits per heavy atom. The number of anilines is 1. The second kappa shape index (κ2) is 5.27. The lowest BCUT2D eigenvalue weighted by molar-refractivity contribution is 1.11. The van der Waals surface area contributed by atoms with Crippen molar-refractivity contribution >= 4 is 39.4 Å². The first-order valence-electron chi connectivity index (χ1n) is 6.88. The number of nitrogens with zero attached hydrogens (tertiary/aromatic N) is 3. The highest BCUT2D eigenvalue weighted by Crippen LogP contribution is 2.23. The third kappa shape index (κ3) is 2.25. The minimum Gasteiger partial charge on any atom is -0.365 e. The van der Waals surface area contributed by atoms with Gasteiger partial charge in [0.05, 0.1) is 10.9 Å². The Balaban J connectivity index is 1.70. The van der Waals surface area contributed by atoms with Gasteiger partial charge in [0.15, 0.2) is 0 Å². The van der Waals surface area contributed by atoms with Gasteiger partial charge in [-0.2, -0.15) is 4.98 Å². The summed E-state index contributed by atoms with van der Waals surface area (Å²) in [5, 5.41) is 5.61. The van der Waals surface area contributed by atoms with Crippen LogP contribution in [0.5, 0.6) is 0 Å². The van der Waals surface area contributed by atoms with Crippen LogP contribution in [0.3, 0.4) is 0 Å². The number of pyridine rings is 1. The van der Waals surface area contributed by atoms with Gasteiger partial charge < -0.3 is 10.3 Å². The van der Waals surface area contributed by atoms with Crippen LogP contribution in [-0.4, -0.2) is 19.9 Å². The first-order chi connectivity index (χ1) is 10.8. The number of fused-ring (bicyclic) bond motifs is 2. The van der Waals surface area contributed by atoms with Gasteiger partial charge in [-0.1, -0.05) is 18.2 Å². The lowest BCUT2D eigenvalue weighted by Crippen LogP contribution is -2.03. The lowest BCUT2D eigenvalue weighted by atomic mass is 10.1. The first kappa shape index (κ1) is 13.0. The Morgan fingerprint density at radius 1 is 1.05 bits per heavy atom. The van der Waals surface area contributed by atoms with Gasteiger partial charge in [0.2, 0.25) is 5.28 Å². The van der Waals surface area contributed by atoms with E-state index in [4.69, 9.17) is 11.6 Å². The average molecular weight is 310 g/mol. The third-order valence-electron chi connectivity index (χ3n) is 3.57. The topological polar surface area (TPSA) is 66.5 Å². The number of benzene rings is 1. The molecule has 0 unspecified atom stereocenters. The molecule has 108 valence electrons. The minimum atomic E-state index is 0.219. The molecule has 0 saturated heterocycles. The zero-order chi connectivity index (χ0) is 14.9. The van der Waals surface area contributed by atoms with Crippen LogP contribution in [0.15, 0.2) is 48.8 Å². The van der Waals surface area contributed by atoms with Crippen LogP contribution in [-0.2, 0) is 6.54 Å². The van der Waals surface area contributed by atoms with Crippen molar-refractivity contribution in [2.75, 3.05) is 5.32 Å². The SMILES string of the molecule is Clc1nc(NCc2ccnc3ccccc23)c2cc[nH]c2n1. The summed E-state index contributed by atoms with van der Waals surface area (Å²) in [5.74, 6) is 0.720. The highest BCUT2D eigenvalue weighted by atomic mass is 35.5. The Bertz CT molecular complexity index is 958. The van der Waals surface area contributed by atoms with E-state index in [1.807, 2.05) is 42.7 Å². The van der Waals surface area contributed by atoms with Gasteiger partial charge in [0.25, 0.3) is 0 Å². The molecule has 3 heterocycles. The molecule has 3 aromatic heterocycles. The van der Waals surface area contributed by atoms with Crippen molar-refractivity contribution in [2.45, 2.75) is 6.54 Å². The van der Waals surface area contributed by atoms with Gasteiger partial charge in [0.1, 0.15) is 11.5 Å². The summed E-state index contributed by atoms with van der Waals surface area (Å²) in [6, 6.07) is 12.0. The van der Waals surface area contributed by atoms with Gasteiger partial charge in [-0.3, -0.25) is 4.98 Å². The maximum absolute atomic E-state index is 5.97. The summed E-state index contributed by atoms with van der Waals surface area (Å²) in [4.78, 5) is 15.8. The van der Waals surface area contributed by atoms with Crippen LogP contribution >= 0.6 is 11.6 Å². The minimum absolute atomic E-state index is 0.219. The van der Waals surface area contributed by atoms with Crippen LogP contribution in [0.4, 0.5) is 5.82 Å². The summed E-state index contributed by atoms with van der Waals surface area (Å²) < 4.78 is 0. The summed E-state index contributed by atoms with van der Waals surface area (Å²) >= 11 is 5.97. The number of para-hydroxylation sites is 1. The Hall–Kier alpha value is -2.66. The van der Waals surface area contributed by atoms with E-state index in [-0.39, 0.29) is 5.28 Å². The van der Waals surface area contributed by atoms with Crippen molar-refractivity contribution in [2.24, 2.45) is 0 Å². The molecule has 0 radical (unpaired) electrons. The van der Waals surface area contributed by atoms with Gasteiger partial charge in [0, 0.05) is 24.3 Å². The molecule has 0 aliphatic carbocycles. The third-order valence-corrected chi connectivity index (χ3v) is 3.74. The van der Waals surface area contributed by atoms with Crippen molar-refractivity contribution in [1.29, 1.82) is 0 Å². The number of halogens is 1. The highest BCUT2D eigenvalue weighted by molar-refractivity contribution is 6.28. The zero-order valence-electron chi connectivity index (χ0n) is 11.5. The molecule has 22 heavy (non-hydrogen) atoms. The molecule has 0 bridgehead atoms. The maximum atomic E-state index is 5.97. The van der Waals surface area contributed by atoms with Crippen LogP contribution in [0, 0.1) is 0 Å². The van der Waals surface area contributed by atoms with E-state index in [1.54, 1.807) is 0 Å². The monoisotopic (exact) mass is 309 g/mol. The quantitative estimate of drug-likeness (QED) is 0.565. The maximum Gasteiger partial charge on any atom is 0.226 e. The zero-order valence-corrected chi connectivity index (χ0v) is 12.3. The predicted octanol–water partition coefficient (Wildman–Crippen LogP) is 3.77. The molecule has 1 aromatic carbocycles. The molecule has 0 atom stereocenters. The molecule has 4 aromatic rings. The van der Waals surface area contributed by atoms with Gasteiger partial charge in [-0.25, -0.2) is 4.98 Å². The van der Waals surface area contributed by atoms with Gasteiger partial charge >= 0.3 is 0 Å². The number of rotatable bonds is 3. The molecular weight excluding hydrogens is 298 g/mol. The fourth-order valence-corrected chi connectivity index (χ4v) is 2.71. The smallest absolute Gasteiger partial charge is 0.226 e. The van der Waals surface area contributed by atoms with Crippen molar-refractivity contribution in [3.8, 4) is 0 Å². The molecule has 5 nitrogen and oxygen atoms in total. The second-order valence-corrected chi connectivity index (χ2v) is 5.26. The fraction of sp³-hybridized carbons (Fsp3) is 0.0625. The fourth-order valence-electron chi connectivity index (χ4n) is 2.54. The number of aromatic amines is 1. The number of aromatic nitrogens is 4. The molecule has 2 N–H and O–H groups in total. The van der Waals surface area contributed by atoms with E-state index >= 15 is 0 Å². The summed E-state index contributed by atoms with van der Waals surface area (Å²) in [6.07, 6.45) is 3.64. The highest BCUT2D eigenvalue weighted by Gasteiger charge is 2.08. The molecule has 0 fully saturated rings. The molecule has 0 amide bonds. The lowest BCUT2D eigenvalue weighted by Gasteiger charge is -2.09. The van der Waals surface area contributed by atoms with Crippen LogP contribution in [0.25, 0.3) is 21.9 Å². The van der Waals surface area contributed by atoms with E-state index in [9.17, 15) is 0 Å². The molecule has 0 spiro atoms. The number of hydrogen-bond acceptors (Lipinski definition) is 4. The number of H-pyrrole nitrogens is 1. The average Bonchev–Trinajstić information content (AvgIpc) is 3.00. The standard InChI is InChI=1S/C16H12ClN5/c17-16-21-14-12(6-8-19-14)15(22-16)20-9-10-5-7-18-13-4-2-1-3-11(10)13/h1-8H,9H2,(H2,19,20,21,22). The molecular formula is C16H12ClN5. The molecule has 0 saturated carbocycles. The Kier molecular flexibility index (Phi) is 3.12. The van der Waals surface area contributed by atoms with E-state index in [0.717, 1.165) is 33.3 Å². The van der Waals surface area contributed by atoms with Crippen molar-refractivity contribution < 1.29 is 0 Å². The van der Waals surface area contributed by atoms with Crippen molar-refractivity contribution in [3.63, 3.8) is 0 Å². The Labute approximate surface area is 131 Å². The van der Waals surface area contributed by atoms with Gasteiger partial charge in [-0.05, 0) is 35.4 Å². The largest absolute Gasteiger partial charge is 0.365 e. The summed E-state index contributed by atoms with van der Waals surface area (Å²) in [6.45, 7) is 0.636. The summed E-state index contributed by atoms with van der Waals surface area (Å²) in [5.41, 5.74) is 2.86. The van der Waals surface area contributed by atoms with E-state index in [2.05, 4.69) is 31.3 Å².